The van der Waals surface area contributed by atoms with Crippen LogP contribution in [0.2, 0.25) is 0 Å². The van der Waals surface area contributed by atoms with Gasteiger partial charge in [-0.3, -0.25) is 4.79 Å². The Morgan fingerprint density at radius 2 is 2.05 bits per heavy atom. The monoisotopic (exact) mass is 374 g/mol. The van der Waals surface area contributed by atoms with Gasteiger partial charge in [0.25, 0.3) is 5.91 Å². The van der Waals surface area contributed by atoms with Gasteiger partial charge in [0.05, 0.1) is 13.2 Å². The smallest absolute Gasteiger partial charge is 0.255 e. The highest BCUT2D eigenvalue weighted by atomic mass is 79.9. The van der Waals surface area contributed by atoms with Crippen molar-refractivity contribution < 1.29 is 19.4 Å². The van der Waals surface area contributed by atoms with Gasteiger partial charge in [-0.1, -0.05) is 22.9 Å². The van der Waals surface area contributed by atoms with Crippen molar-refractivity contribution in [1.82, 2.24) is 5.32 Å². The predicted octanol–water partition coefficient (Wildman–Crippen LogP) is 1.57. The number of hydrogen-bond donors (Lipinski definition) is 3. The van der Waals surface area contributed by atoms with E-state index in [1.807, 2.05) is 19.9 Å². The van der Waals surface area contributed by atoms with Gasteiger partial charge < -0.3 is 25.6 Å². The summed E-state index contributed by atoms with van der Waals surface area (Å²) >= 11 is 3.48. The number of rotatable bonds is 10. The largest absolute Gasteiger partial charge is 0.490 e. The molecule has 1 rings (SSSR count). The van der Waals surface area contributed by atoms with Crippen LogP contribution in [-0.4, -0.2) is 36.9 Å². The molecule has 1 aromatic carbocycles. The summed E-state index contributed by atoms with van der Waals surface area (Å²) < 4.78 is 11.7. The fraction of sp³-hybridized carbons (Fsp3) is 0.533. The number of amides is 1. The second-order valence-corrected chi connectivity index (χ2v) is 5.60. The third-order valence-electron chi connectivity index (χ3n) is 3.08. The van der Waals surface area contributed by atoms with Gasteiger partial charge in [-0.25, -0.2) is 0 Å². The lowest BCUT2D eigenvalue weighted by Gasteiger charge is -2.17. The van der Waals surface area contributed by atoms with Crippen LogP contribution in [0.5, 0.6) is 11.5 Å². The minimum atomic E-state index is -0.543. The summed E-state index contributed by atoms with van der Waals surface area (Å²) in [4.78, 5) is 10.8. The molecule has 0 aliphatic rings. The molecule has 0 saturated carbocycles. The molecule has 4 N–H and O–H groups in total. The number of nitrogens with two attached hydrogens (primary N) is 1. The number of aliphatic hydroxyl groups excluding tert-OH is 1. The topological polar surface area (TPSA) is 93.8 Å². The van der Waals surface area contributed by atoms with Gasteiger partial charge in [-0.2, -0.15) is 0 Å². The first kappa shape index (κ1) is 18.7. The van der Waals surface area contributed by atoms with E-state index in [1.54, 1.807) is 6.07 Å². The molecular weight excluding hydrogens is 352 g/mol. The van der Waals surface area contributed by atoms with E-state index >= 15 is 0 Å². The van der Waals surface area contributed by atoms with Crippen LogP contribution in [0.4, 0.5) is 0 Å². The lowest BCUT2D eigenvalue weighted by molar-refractivity contribution is -0.119. The maximum atomic E-state index is 10.8. The maximum absolute atomic E-state index is 10.8. The van der Waals surface area contributed by atoms with Crippen LogP contribution in [0.3, 0.4) is 0 Å². The molecule has 0 radical (unpaired) electrons. The summed E-state index contributed by atoms with van der Waals surface area (Å²) in [5, 5.41) is 12.5. The Balaban J connectivity index is 2.90. The van der Waals surface area contributed by atoms with E-state index in [0.29, 0.717) is 24.7 Å². The van der Waals surface area contributed by atoms with Gasteiger partial charge >= 0.3 is 0 Å². The second-order valence-electron chi connectivity index (χ2n) is 4.75. The number of benzene rings is 1. The van der Waals surface area contributed by atoms with Crippen molar-refractivity contribution in [3.05, 3.63) is 22.2 Å². The molecule has 0 bridgehead atoms. The molecule has 0 aromatic heterocycles. The average Bonchev–Trinajstić information content (AvgIpc) is 2.49. The number of carbonyl (C=O) groups is 1. The van der Waals surface area contributed by atoms with E-state index in [-0.39, 0.29) is 19.3 Å². The Kier molecular flexibility index (Phi) is 8.22. The zero-order valence-corrected chi connectivity index (χ0v) is 14.5. The molecule has 0 saturated heterocycles. The van der Waals surface area contributed by atoms with Crippen LogP contribution in [0, 0.1) is 0 Å². The van der Waals surface area contributed by atoms with Crippen LogP contribution >= 0.6 is 15.9 Å². The Morgan fingerprint density at radius 1 is 1.36 bits per heavy atom. The van der Waals surface area contributed by atoms with E-state index in [4.69, 9.17) is 15.2 Å². The zero-order chi connectivity index (χ0) is 16.5. The molecule has 0 aliphatic heterocycles. The van der Waals surface area contributed by atoms with Crippen LogP contribution < -0.4 is 20.5 Å². The summed E-state index contributed by atoms with van der Waals surface area (Å²) in [6.07, 6.45) is 0.840. The van der Waals surface area contributed by atoms with Gasteiger partial charge in [0.2, 0.25) is 0 Å². The third kappa shape index (κ3) is 5.82. The molecule has 0 aliphatic carbocycles. The fourth-order valence-electron chi connectivity index (χ4n) is 1.83. The van der Waals surface area contributed by atoms with Crippen molar-refractivity contribution in [2.45, 2.75) is 32.9 Å². The highest BCUT2D eigenvalue weighted by molar-refractivity contribution is 9.10. The molecule has 1 amide bonds. The number of carbonyl (C=O) groups excluding carboxylic acids is 1. The minimum absolute atomic E-state index is 0.0493. The van der Waals surface area contributed by atoms with Crippen LogP contribution in [0.1, 0.15) is 25.8 Å². The van der Waals surface area contributed by atoms with Crippen molar-refractivity contribution in [2.75, 3.05) is 19.8 Å². The van der Waals surface area contributed by atoms with E-state index in [2.05, 4.69) is 21.2 Å². The first-order valence-corrected chi connectivity index (χ1v) is 8.01. The van der Waals surface area contributed by atoms with Gasteiger partial charge in [0, 0.05) is 17.1 Å². The third-order valence-corrected chi connectivity index (χ3v) is 3.82. The fourth-order valence-corrected chi connectivity index (χ4v) is 2.30. The number of nitrogens with one attached hydrogen (secondary N) is 1. The van der Waals surface area contributed by atoms with Gasteiger partial charge in [-0.15, -0.1) is 0 Å². The maximum Gasteiger partial charge on any atom is 0.255 e. The lowest BCUT2D eigenvalue weighted by Crippen LogP contribution is -2.31. The Labute approximate surface area is 139 Å². The highest BCUT2D eigenvalue weighted by Crippen LogP contribution is 2.34. The number of halogens is 1. The van der Waals surface area contributed by atoms with Crippen LogP contribution in [0.15, 0.2) is 16.6 Å². The van der Waals surface area contributed by atoms with Crippen LogP contribution in [0.25, 0.3) is 0 Å². The number of primary amides is 1. The molecule has 1 aromatic rings. The highest BCUT2D eigenvalue weighted by Gasteiger charge is 2.13. The number of ether oxygens (including phenoxy) is 2. The van der Waals surface area contributed by atoms with Crippen molar-refractivity contribution in [1.29, 1.82) is 0 Å². The molecule has 0 heterocycles. The molecule has 1 atom stereocenters. The van der Waals surface area contributed by atoms with Crippen molar-refractivity contribution >= 4 is 21.8 Å². The summed E-state index contributed by atoms with van der Waals surface area (Å²) in [5.41, 5.74) is 6.07. The number of aliphatic hydroxyl groups is 1. The molecule has 6 nitrogen and oxygen atoms in total. The van der Waals surface area contributed by atoms with Crippen molar-refractivity contribution in [3.8, 4) is 11.5 Å². The first-order valence-electron chi connectivity index (χ1n) is 7.22. The summed E-state index contributed by atoms with van der Waals surface area (Å²) in [6, 6.07) is 3.65. The van der Waals surface area contributed by atoms with E-state index in [0.717, 1.165) is 16.5 Å². The van der Waals surface area contributed by atoms with Crippen LogP contribution in [-0.2, 0) is 11.3 Å². The Morgan fingerprint density at radius 3 is 2.59 bits per heavy atom. The first-order chi connectivity index (χ1) is 10.5. The van der Waals surface area contributed by atoms with E-state index < -0.39 is 5.91 Å². The van der Waals surface area contributed by atoms with E-state index in [1.165, 1.54) is 0 Å². The SMILES string of the molecule is CCOc1cc(CNC(CC)CO)c(Br)cc1OCC(N)=O. The Bertz CT molecular complexity index is 493. The van der Waals surface area contributed by atoms with Gasteiger partial charge in [0.1, 0.15) is 0 Å². The quantitative estimate of drug-likeness (QED) is 0.577. The molecule has 0 spiro atoms. The Hall–Kier alpha value is -1.31. The summed E-state index contributed by atoms with van der Waals surface area (Å²) in [6.45, 7) is 4.83. The molecular formula is C15H23BrN2O4. The minimum Gasteiger partial charge on any atom is -0.490 e. The second kappa shape index (κ2) is 9.66. The molecule has 1 unspecified atom stereocenters. The molecule has 22 heavy (non-hydrogen) atoms. The summed E-state index contributed by atoms with van der Waals surface area (Å²) in [5.74, 6) is 0.476. The van der Waals surface area contributed by atoms with Gasteiger partial charge in [-0.05, 0) is 31.0 Å². The predicted molar refractivity (Wildman–Crippen MR) is 88.0 cm³/mol. The lowest BCUT2D eigenvalue weighted by atomic mass is 10.1. The zero-order valence-electron chi connectivity index (χ0n) is 12.9. The van der Waals surface area contributed by atoms with E-state index in [9.17, 15) is 9.90 Å². The molecule has 0 fully saturated rings. The number of hydrogen-bond acceptors (Lipinski definition) is 5. The summed E-state index contributed by atoms with van der Waals surface area (Å²) in [7, 11) is 0. The van der Waals surface area contributed by atoms with Crippen molar-refractivity contribution in [2.24, 2.45) is 5.73 Å². The van der Waals surface area contributed by atoms with Gasteiger partial charge in [0.15, 0.2) is 18.1 Å². The molecule has 124 valence electrons. The standard InChI is InChI=1S/C15H23BrN2O4/c1-3-11(8-19)18-7-10-5-13(21-4-2)14(6-12(10)16)22-9-15(17)20/h5-6,11,18-19H,3-4,7-9H2,1-2H3,(H2,17,20). The molecule has 7 heteroatoms. The average molecular weight is 375 g/mol. The van der Waals surface area contributed by atoms with Crippen molar-refractivity contribution in [3.63, 3.8) is 0 Å². The normalized spacial score (nSPS) is 12.0.